The number of aliphatic imine (C=N–C) groups is 1. The fraction of sp³-hybridized carbons (Fsp3) is 0. The molecule has 3 rings (SSSR count). The predicted octanol–water partition coefficient (Wildman–Crippen LogP) is 1.15. The molecule has 1 aliphatic rings. The van der Waals surface area contributed by atoms with Gasteiger partial charge in [-0.15, -0.1) is 0 Å². The van der Waals surface area contributed by atoms with Crippen molar-refractivity contribution in [3.8, 4) is 0 Å². The Morgan fingerprint density at radius 3 is 3.36 bits per heavy atom. The molecule has 11 heavy (non-hydrogen) atoms. The lowest BCUT2D eigenvalue weighted by atomic mass is 10.4. The molecule has 2 aromatic rings. The number of fused-ring (bicyclic) bond motifs is 3. The summed E-state index contributed by atoms with van der Waals surface area (Å²) in [6.45, 7) is 0. The maximum Gasteiger partial charge on any atom is 0.0891 e. The Bertz CT molecular complexity index is 491. The minimum Gasteiger partial charge on any atom is -0.315 e. The van der Waals surface area contributed by atoms with Gasteiger partial charge < -0.3 is 4.40 Å². The first-order valence-corrected chi connectivity index (χ1v) is 3.59. The molecule has 0 fully saturated rings. The minimum absolute atomic E-state index is 1.08. The van der Waals surface area contributed by atoms with E-state index in [0.29, 0.717) is 0 Å². The average Bonchev–Trinajstić information content (AvgIpc) is 2.52. The highest BCUT2D eigenvalue weighted by Crippen LogP contribution is 2.14. The highest BCUT2D eigenvalue weighted by molar-refractivity contribution is 5.97. The molecule has 0 bridgehead atoms. The van der Waals surface area contributed by atoms with Crippen LogP contribution in [0.15, 0.2) is 29.4 Å². The summed E-state index contributed by atoms with van der Waals surface area (Å²) in [5.74, 6) is 0. The molecule has 2 nitrogen and oxygen atoms in total. The second-order valence-corrected chi connectivity index (χ2v) is 2.66. The van der Waals surface area contributed by atoms with Gasteiger partial charge >= 0.3 is 0 Å². The van der Waals surface area contributed by atoms with Crippen molar-refractivity contribution in [2.45, 2.75) is 0 Å². The normalized spacial score (nSPS) is 13.8. The van der Waals surface area contributed by atoms with Crippen LogP contribution < -0.4 is 5.35 Å². The topological polar surface area (TPSA) is 16.8 Å². The van der Waals surface area contributed by atoms with Gasteiger partial charge in [0.1, 0.15) is 0 Å². The van der Waals surface area contributed by atoms with Crippen molar-refractivity contribution in [1.82, 2.24) is 4.40 Å². The van der Waals surface area contributed by atoms with E-state index in [0.717, 1.165) is 5.69 Å². The first-order chi connectivity index (χ1) is 5.45. The largest absolute Gasteiger partial charge is 0.315 e. The third-order valence-corrected chi connectivity index (χ3v) is 2.03. The van der Waals surface area contributed by atoms with Crippen LogP contribution in [-0.2, 0) is 0 Å². The fourth-order valence-corrected chi connectivity index (χ4v) is 1.53. The van der Waals surface area contributed by atoms with Crippen molar-refractivity contribution in [2.75, 3.05) is 0 Å². The second-order valence-electron chi connectivity index (χ2n) is 2.66. The molecule has 0 saturated heterocycles. The lowest BCUT2D eigenvalue weighted by molar-refractivity contribution is 1.18. The van der Waals surface area contributed by atoms with E-state index in [-0.39, 0.29) is 0 Å². The van der Waals surface area contributed by atoms with Gasteiger partial charge in [-0.05, 0) is 24.3 Å². The number of aromatic nitrogens is 1. The van der Waals surface area contributed by atoms with Gasteiger partial charge in [0, 0.05) is 17.9 Å². The highest BCUT2D eigenvalue weighted by atomic mass is 14.9. The first kappa shape index (κ1) is 5.13. The summed E-state index contributed by atoms with van der Waals surface area (Å²) >= 11 is 0. The van der Waals surface area contributed by atoms with Gasteiger partial charge in [-0.25, -0.2) is 0 Å². The zero-order valence-electron chi connectivity index (χ0n) is 5.86. The Labute approximate surface area is 63.5 Å². The molecule has 0 N–H and O–H groups in total. The van der Waals surface area contributed by atoms with Crippen molar-refractivity contribution < 1.29 is 0 Å². The Balaban J connectivity index is 2.68. The fourth-order valence-electron chi connectivity index (χ4n) is 1.53. The van der Waals surface area contributed by atoms with E-state index >= 15 is 0 Å². The molecule has 0 spiro atoms. The molecule has 1 aliphatic heterocycles. The van der Waals surface area contributed by atoms with Crippen LogP contribution in [0.3, 0.4) is 0 Å². The smallest absolute Gasteiger partial charge is 0.0891 e. The Kier molecular flexibility index (Phi) is 0.714. The van der Waals surface area contributed by atoms with Gasteiger partial charge in [0.15, 0.2) is 0 Å². The zero-order valence-corrected chi connectivity index (χ0v) is 5.86. The SMILES string of the molecule is C1=Nc2cc3cccn3c2=C1. The standard InChI is InChI=1S/C9H6N2/c1-2-7-6-8-9(3-4-10-8)11(7)5-1/h1-6H. The number of nitrogens with zero attached hydrogens (tertiary/aromatic N) is 2. The molecule has 0 radical (unpaired) electrons. The van der Waals surface area contributed by atoms with E-state index in [1.54, 1.807) is 0 Å². The highest BCUT2D eigenvalue weighted by Gasteiger charge is 2.04. The van der Waals surface area contributed by atoms with E-state index in [9.17, 15) is 0 Å². The van der Waals surface area contributed by atoms with Gasteiger partial charge in [-0.1, -0.05) is 0 Å². The molecule has 0 unspecified atom stereocenters. The van der Waals surface area contributed by atoms with Crippen molar-refractivity contribution in [1.29, 1.82) is 0 Å². The molecule has 0 atom stereocenters. The van der Waals surface area contributed by atoms with Gasteiger partial charge in [0.05, 0.1) is 11.0 Å². The molecule has 2 heteroatoms. The Morgan fingerprint density at radius 1 is 1.36 bits per heavy atom. The van der Waals surface area contributed by atoms with Crippen LogP contribution in [-0.4, -0.2) is 10.6 Å². The average molecular weight is 142 g/mol. The summed E-state index contributed by atoms with van der Waals surface area (Å²) in [4.78, 5) is 4.21. The van der Waals surface area contributed by atoms with Gasteiger partial charge in [-0.2, -0.15) is 0 Å². The van der Waals surface area contributed by atoms with E-state index in [1.165, 1.54) is 10.9 Å². The molecule has 52 valence electrons. The first-order valence-electron chi connectivity index (χ1n) is 3.59. The third-order valence-electron chi connectivity index (χ3n) is 2.03. The summed E-state index contributed by atoms with van der Waals surface area (Å²) in [6, 6.07) is 6.22. The van der Waals surface area contributed by atoms with E-state index in [1.807, 2.05) is 18.4 Å². The van der Waals surface area contributed by atoms with Crippen LogP contribution in [0.4, 0.5) is 5.69 Å². The van der Waals surface area contributed by atoms with Crippen LogP contribution in [0.5, 0.6) is 0 Å². The van der Waals surface area contributed by atoms with Crippen LogP contribution in [0.2, 0.25) is 0 Å². The maximum atomic E-state index is 4.21. The number of hydrogen-bond acceptors (Lipinski definition) is 1. The lowest BCUT2D eigenvalue weighted by Gasteiger charge is -1.80. The van der Waals surface area contributed by atoms with E-state index in [4.69, 9.17) is 0 Å². The van der Waals surface area contributed by atoms with Crippen molar-refractivity contribution >= 4 is 23.5 Å². The predicted molar refractivity (Wildman–Crippen MR) is 45.2 cm³/mol. The van der Waals surface area contributed by atoms with E-state index in [2.05, 4.69) is 27.7 Å². The molecule has 0 aliphatic carbocycles. The molecule has 0 saturated carbocycles. The summed E-state index contributed by atoms with van der Waals surface area (Å²) < 4.78 is 2.14. The molecule has 0 aromatic carbocycles. The Morgan fingerprint density at radius 2 is 2.36 bits per heavy atom. The monoisotopic (exact) mass is 142 g/mol. The summed E-state index contributed by atoms with van der Waals surface area (Å²) in [7, 11) is 0. The van der Waals surface area contributed by atoms with Crippen LogP contribution >= 0.6 is 0 Å². The van der Waals surface area contributed by atoms with Crippen molar-refractivity contribution in [3.05, 3.63) is 29.7 Å². The molecule has 2 aromatic heterocycles. The number of hydrogen-bond donors (Lipinski definition) is 0. The number of rotatable bonds is 0. The van der Waals surface area contributed by atoms with Gasteiger partial charge in [-0.3, -0.25) is 4.99 Å². The molecule has 3 heterocycles. The zero-order chi connectivity index (χ0) is 7.26. The van der Waals surface area contributed by atoms with E-state index < -0.39 is 0 Å². The Hall–Kier alpha value is -1.57. The van der Waals surface area contributed by atoms with Crippen molar-refractivity contribution in [2.24, 2.45) is 4.99 Å². The molecular formula is C9H6N2. The quantitative estimate of drug-likeness (QED) is 0.525. The molecule has 0 amide bonds. The maximum absolute atomic E-state index is 4.21. The van der Waals surface area contributed by atoms with Crippen molar-refractivity contribution in [3.63, 3.8) is 0 Å². The summed E-state index contributed by atoms with van der Waals surface area (Å²) in [5.41, 5.74) is 2.31. The van der Waals surface area contributed by atoms with Gasteiger partial charge in [0.25, 0.3) is 0 Å². The third kappa shape index (κ3) is 0.499. The minimum atomic E-state index is 1.08. The van der Waals surface area contributed by atoms with Gasteiger partial charge in [0.2, 0.25) is 0 Å². The van der Waals surface area contributed by atoms with Crippen LogP contribution in [0.25, 0.3) is 11.6 Å². The van der Waals surface area contributed by atoms with Crippen LogP contribution in [0.1, 0.15) is 0 Å². The molecular weight excluding hydrogens is 136 g/mol. The van der Waals surface area contributed by atoms with Crippen LogP contribution in [0, 0.1) is 0 Å². The summed E-state index contributed by atoms with van der Waals surface area (Å²) in [6.07, 6.45) is 5.92. The summed E-state index contributed by atoms with van der Waals surface area (Å²) in [5, 5.41) is 1.20. The lowest BCUT2D eigenvalue weighted by Crippen LogP contribution is -2.03. The second kappa shape index (κ2) is 1.53.